The molecule has 0 radical (unpaired) electrons. The van der Waals surface area contributed by atoms with Crippen molar-refractivity contribution in [3.05, 3.63) is 41.9 Å². The molecule has 0 saturated carbocycles. The van der Waals surface area contributed by atoms with Crippen molar-refractivity contribution in [3.8, 4) is 0 Å². The fourth-order valence-corrected chi connectivity index (χ4v) is 1.17. The number of rotatable bonds is 0. The molecule has 0 aliphatic carbocycles. The van der Waals surface area contributed by atoms with Crippen LogP contribution in [-0.4, -0.2) is 4.98 Å². The molecule has 0 aromatic carbocycles. The van der Waals surface area contributed by atoms with Crippen LogP contribution in [0.1, 0.15) is 11.3 Å². The van der Waals surface area contributed by atoms with Crippen LogP contribution in [0.4, 0.5) is 0 Å². The quantitative estimate of drug-likeness (QED) is 0.572. The van der Waals surface area contributed by atoms with Crippen molar-refractivity contribution < 1.29 is 0 Å². The number of aromatic amines is 1. The van der Waals surface area contributed by atoms with Crippen LogP contribution < -0.4 is 5.32 Å². The Morgan fingerprint density at radius 3 is 3.27 bits per heavy atom. The Morgan fingerprint density at radius 1 is 1.27 bits per heavy atom. The van der Waals surface area contributed by atoms with Crippen molar-refractivity contribution in [2.45, 2.75) is 6.54 Å². The first-order valence-corrected chi connectivity index (χ1v) is 3.70. The highest BCUT2D eigenvalue weighted by Gasteiger charge is 1.98. The molecule has 0 fully saturated rings. The van der Waals surface area contributed by atoms with Crippen molar-refractivity contribution in [3.63, 3.8) is 0 Å². The highest BCUT2D eigenvalue weighted by Crippen LogP contribution is 2.09. The normalized spacial score (nSPS) is 20.7. The van der Waals surface area contributed by atoms with E-state index in [9.17, 15) is 0 Å². The summed E-state index contributed by atoms with van der Waals surface area (Å²) in [7, 11) is 0. The van der Waals surface area contributed by atoms with Gasteiger partial charge in [-0.2, -0.15) is 0 Å². The van der Waals surface area contributed by atoms with Crippen LogP contribution in [0.2, 0.25) is 0 Å². The minimum atomic E-state index is 0.878. The van der Waals surface area contributed by atoms with Gasteiger partial charge in [0.05, 0.1) is 6.54 Å². The highest BCUT2D eigenvalue weighted by atomic mass is 14.9. The molecule has 2 rings (SSSR count). The molecule has 0 unspecified atom stereocenters. The summed E-state index contributed by atoms with van der Waals surface area (Å²) >= 11 is 0. The summed E-state index contributed by atoms with van der Waals surface area (Å²) in [5.74, 6) is 0. The molecule has 2 heteroatoms. The van der Waals surface area contributed by atoms with E-state index in [0.717, 1.165) is 6.54 Å². The molecule has 11 heavy (non-hydrogen) atoms. The second kappa shape index (κ2) is 2.66. The van der Waals surface area contributed by atoms with Gasteiger partial charge in [0.2, 0.25) is 0 Å². The molecule has 1 aromatic heterocycles. The molecule has 1 aromatic rings. The number of nitrogens with one attached hydrogen (secondary N) is 2. The van der Waals surface area contributed by atoms with E-state index in [1.165, 1.54) is 11.3 Å². The van der Waals surface area contributed by atoms with E-state index in [4.69, 9.17) is 0 Å². The van der Waals surface area contributed by atoms with Gasteiger partial charge in [0, 0.05) is 11.9 Å². The van der Waals surface area contributed by atoms with Crippen LogP contribution in [0, 0.1) is 0 Å². The summed E-state index contributed by atoms with van der Waals surface area (Å²) < 4.78 is 0. The Hall–Kier alpha value is -1.44. The number of allylic oxidation sites excluding steroid dienone is 2. The van der Waals surface area contributed by atoms with Gasteiger partial charge in [0.15, 0.2) is 0 Å². The molecule has 0 atom stereocenters. The van der Waals surface area contributed by atoms with E-state index in [0.29, 0.717) is 0 Å². The highest BCUT2D eigenvalue weighted by molar-refractivity contribution is 5.54. The maximum absolute atomic E-state index is 3.18. The van der Waals surface area contributed by atoms with Gasteiger partial charge in [0.1, 0.15) is 0 Å². The van der Waals surface area contributed by atoms with Crippen molar-refractivity contribution in [2.24, 2.45) is 0 Å². The average molecular weight is 146 g/mol. The van der Waals surface area contributed by atoms with Crippen LogP contribution in [0.5, 0.6) is 0 Å². The van der Waals surface area contributed by atoms with E-state index < -0.39 is 0 Å². The number of hydrogen-bond donors (Lipinski definition) is 2. The first-order valence-electron chi connectivity index (χ1n) is 3.70. The SMILES string of the molecule is C1=C\NCc2[nH]ccc2\C=C/1. The number of fused-ring (bicyclic) bond motifs is 1. The Morgan fingerprint density at radius 2 is 2.27 bits per heavy atom. The zero-order valence-corrected chi connectivity index (χ0v) is 6.17. The van der Waals surface area contributed by atoms with Crippen molar-refractivity contribution >= 4 is 6.08 Å². The fraction of sp³-hybridized carbons (Fsp3) is 0.111. The van der Waals surface area contributed by atoms with Crippen LogP contribution in [-0.2, 0) is 6.54 Å². The summed E-state index contributed by atoms with van der Waals surface area (Å²) in [5, 5.41) is 3.17. The maximum Gasteiger partial charge on any atom is 0.0551 e. The zero-order valence-electron chi connectivity index (χ0n) is 6.17. The van der Waals surface area contributed by atoms with E-state index in [2.05, 4.69) is 22.4 Å². The van der Waals surface area contributed by atoms with E-state index in [1.807, 2.05) is 24.5 Å². The molecule has 0 spiro atoms. The molecule has 0 bridgehead atoms. The molecule has 2 heterocycles. The van der Waals surface area contributed by atoms with Gasteiger partial charge < -0.3 is 10.3 Å². The summed E-state index contributed by atoms with van der Waals surface area (Å²) in [6.07, 6.45) is 10.0. The maximum atomic E-state index is 3.18. The Bertz CT molecular complexity index is 294. The average Bonchev–Trinajstić information content (AvgIpc) is 2.35. The van der Waals surface area contributed by atoms with Gasteiger partial charge in [-0.15, -0.1) is 0 Å². The third-order valence-electron chi connectivity index (χ3n) is 1.75. The molecule has 1 aliphatic rings. The van der Waals surface area contributed by atoms with Gasteiger partial charge in [-0.3, -0.25) is 0 Å². The lowest BCUT2D eigenvalue weighted by atomic mass is 10.2. The molecule has 2 nitrogen and oxygen atoms in total. The zero-order chi connectivity index (χ0) is 7.52. The van der Waals surface area contributed by atoms with Gasteiger partial charge >= 0.3 is 0 Å². The van der Waals surface area contributed by atoms with Gasteiger partial charge in [0.25, 0.3) is 0 Å². The van der Waals surface area contributed by atoms with E-state index in [-0.39, 0.29) is 0 Å². The lowest BCUT2D eigenvalue weighted by molar-refractivity contribution is 0.841. The van der Waals surface area contributed by atoms with Crippen LogP contribution in [0.15, 0.2) is 30.6 Å². The summed E-state index contributed by atoms with van der Waals surface area (Å²) in [4.78, 5) is 3.18. The summed E-state index contributed by atoms with van der Waals surface area (Å²) in [6.45, 7) is 0.878. The molecular weight excluding hydrogens is 136 g/mol. The first kappa shape index (κ1) is 6.28. The second-order valence-electron chi connectivity index (χ2n) is 2.51. The minimum Gasteiger partial charge on any atom is -0.385 e. The predicted molar refractivity (Wildman–Crippen MR) is 45.8 cm³/mol. The molecule has 0 amide bonds. The van der Waals surface area contributed by atoms with E-state index in [1.54, 1.807) is 0 Å². The van der Waals surface area contributed by atoms with E-state index >= 15 is 0 Å². The minimum absolute atomic E-state index is 0.878. The van der Waals surface area contributed by atoms with Gasteiger partial charge in [-0.25, -0.2) is 0 Å². The molecule has 0 saturated heterocycles. The Kier molecular flexibility index (Phi) is 1.52. The smallest absolute Gasteiger partial charge is 0.0551 e. The van der Waals surface area contributed by atoms with Crippen molar-refractivity contribution in [2.75, 3.05) is 0 Å². The topological polar surface area (TPSA) is 27.8 Å². The molecule has 56 valence electrons. The van der Waals surface area contributed by atoms with Crippen LogP contribution in [0.3, 0.4) is 0 Å². The fourth-order valence-electron chi connectivity index (χ4n) is 1.17. The third-order valence-corrected chi connectivity index (χ3v) is 1.75. The monoisotopic (exact) mass is 146 g/mol. The lowest BCUT2D eigenvalue weighted by Crippen LogP contribution is -2.06. The molecule has 2 N–H and O–H groups in total. The van der Waals surface area contributed by atoms with Crippen molar-refractivity contribution in [1.29, 1.82) is 0 Å². The van der Waals surface area contributed by atoms with Crippen molar-refractivity contribution in [1.82, 2.24) is 10.3 Å². The Labute approximate surface area is 65.6 Å². The molecule has 1 aliphatic heterocycles. The summed E-state index contributed by atoms with van der Waals surface area (Å²) in [6, 6.07) is 2.08. The van der Waals surface area contributed by atoms with Crippen LogP contribution >= 0.6 is 0 Å². The summed E-state index contributed by atoms with van der Waals surface area (Å²) in [5.41, 5.74) is 2.51. The number of H-pyrrole nitrogens is 1. The standard InChI is InChI=1S/C9H10N2/c1-2-5-10-7-9-8(3-1)4-6-11-9/h1-6,10-11H,7H2/b3-1-,5-2-. The number of hydrogen-bond acceptors (Lipinski definition) is 1. The number of aromatic nitrogens is 1. The Balaban J connectivity index is 2.39. The first-order chi connectivity index (χ1) is 5.47. The molecular formula is C9H10N2. The predicted octanol–water partition coefficient (Wildman–Crippen LogP) is 1.64. The van der Waals surface area contributed by atoms with Crippen LogP contribution in [0.25, 0.3) is 6.08 Å². The largest absolute Gasteiger partial charge is 0.385 e. The van der Waals surface area contributed by atoms with Gasteiger partial charge in [-0.05, 0) is 23.9 Å². The lowest BCUT2D eigenvalue weighted by Gasteiger charge is -2.02. The second-order valence-corrected chi connectivity index (χ2v) is 2.51. The third kappa shape index (κ3) is 1.19. The van der Waals surface area contributed by atoms with Gasteiger partial charge in [-0.1, -0.05) is 12.2 Å².